The molecule has 0 N–H and O–H groups in total. The second kappa shape index (κ2) is 17.9. The van der Waals surface area contributed by atoms with Crippen LogP contribution in [0.15, 0.2) is 120 Å². The van der Waals surface area contributed by atoms with E-state index in [9.17, 15) is 9.59 Å². The van der Waals surface area contributed by atoms with Crippen molar-refractivity contribution in [2.75, 3.05) is 6.61 Å². The summed E-state index contributed by atoms with van der Waals surface area (Å²) in [4.78, 5) is 25.2. The van der Waals surface area contributed by atoms with Gasteiger partial charge in [-0.05, 0) is 42.2 Å². The monoisotopic (exact) mass is 654 g/mol. The number of benzene rings is 4. The number of aryl methyl sites for hydroxylation is 1. The highest BCUT2D eigenvalue weighted by molar-refractivity contribution is 7.99. The Hall–Kier alpha value is -3.79. The van der Waals surface area contributed by atoms with Gasteiger partial charge in [0.2, 0.25) is 0 Å². The molecule has 0 aliphatic carbocycles. The molecule has 246 valence electrons. The molecule has 0 spiro atoms. The predicted molar refractivity (Wildman–Crippen MR) is 182 cm³/mol. The maximum absolute atomic E-state index is 12.7. The number of carbonyl (C=O) groups excluding carboxylic acids is 2. The van der Waals surface area contributed by atoms with E-state index in [0.29, 0.717) is 19.8 Å². The number of thioether (sulfide) groups is 1. The van der Waals surface area contributed by atoms with Gasteiger partial charge < -0.3 is 28.5 Å². The molecule has 5 rings (SSSR count). The van der Waals surface area contributed by atoms with Crippen LogP contribution in [0.2, 0.25) is 0 Å². The van der Waals surface area contributed by atoms with Crippen LogP contribution in [0.25, 0.3) is 0 Å². The third kappa shape index (κ3) is 10.6. The Morgan fingerprint density at radius 2 is 1.13 bits per heavy atom. The number of hydrogen-bond acceptors (Lipinski definition) is 8. The van der Waals surface area contributed by atoms with Crippen LogP contribution in [0.1, 0.15) is 42.0 Å². The van der Waals surface area contributed by atoms with Crippen LogP contribution in [-0.4, -0.2) is 48.2 Å². The van der Waals surface area contributed by atoms with Gasteiger partial charge >= 0.3 is 5.97 Å². The fraction of sp³-hybridized carbons (Fsp3) is 0.333. The van der Waals surface area contributed by atoms with Crippen LogP contribution >= 0.6 is 11.8 Å². The van der Waals surface area contributed by atoms with Gasteiger partial charge in [0.15, 0.2) is 0 Å². The molecule has 0 bridgehead atoms. The summed E-state index contributed by atoms with van der Waals surface area (Å²) in [5.41, 5.74) is 3.62. The van der Waals surface area contributed by atoms with Crippen molar-refractivity contribution >= 4 is 23.5 Å². The summed E-state index contributed by atoms with van der Waals surface area (Å²) in [5.74, 6) is -0.527. The number of carbonyl (C=O) groups is 2. The van der Waals surface area contributed by atoms with E-state index in [-0.39, 0.29) is 25.2 Å². The standard InChI is InChI=1S/C39H42O7S/c1-28-14-12-13-21-34(28)47-39-38(45-26-32-19-10-5-11-20-32)37(44-25-31-17-8-4-9-18-31)36(43-24-30-15-6-3-7-16-30)33(46-39)27-42-35(41)23-22-29(2)40/h3-21,33,36-39H,22-27H2,1-2H3/t33-,36-,37+,38-,39+/m1/s1. The molecule has 8 heteroatoms. The van der Waals surface area contributed by atoms with Crippen molar-refractivity contribution < 1.29 is 33.3 Å². The fourth-order valence-electron chi connectivity index (χ4n) is 5.31. The second-order valence-electron chi connectivity index (χ2n) is 11.6. The number of ether oxygens (including phenoxy) is 5. The first-order valence-electron chi connectivity index (χ1n) is 16.0. The van der Waals surface area contributed by atoms with Gasteiger partial charge in [0.25, 0.3) is 0 Å². The van der Waals surface area contributed by atoms with Gasteiger partial charge in [-0.15, -0.1) is 0 Å². The molecule has 1 fully saturated rings. The van der Waals surface area contributed by atoms with Crippen molar-refractivity contribution in [1.29, 1.82) is 0 Å². The number of rotatable bonds is 16. The molecule has 0 aromatic heterocycles. The zero-order valence-corrected chi connectivity index (χ0v) is 27.7. The first-order chi connectivity index (χ1) is 23.0. The third-order valence-corrected chi connectivity index (χ3v) is 9.20. The van der Waals surface area contributed by atoms with Crippen molar-refractivity contribution in [1.82, 2.24) is 0 Å². The van der Waals surface area contributed by atoms with Crippen molar-refractivity contribution in [2.24, 2.45) is 0 Å². The first kappa shape index (κ1) is 34.5. The Morgan fingerprint density at radius 3 is 1.66 bits per heavy atom. The van der Waals surface area contributed by atoms with Crippen LogP contribution < -0.4 is 0 Å². The summed E-state index contributed by atoms with van der Waals surface area (Å²) in [6.07, 6.45) is -2.31. The number of Topliss-reactive ketones (excluding diaryl/α,β-unsaturated/α-hetero) is 1. The molecule has 1 saturated heterocycles. The lowest BCUT2D eigenvalue weighted by molar-refractivity contribution is -0.253. The topological polar surface area (TPSA) is 80.3 Å². The van der Waals surface area contributed by atoms with Gasteiger partial charge in [0, 0.05) is 11.3 Å². The van der Waals surface area contributed by atoms with E-state index < -0.39 is 35.8 Å². The van der Waals surface area contributed by atoms with Gasteiger partial charge in [-0.1, -0.05) is 121 Å². The van der Waals surface area contributed by atoms with Gasteiger partial charge in [-0.25, -0.2) is 0 Å². The molecule has 7 nitrogen and oxygen atoms in total. The lowest BCUT2D eigenvalue weighted by Gasteiger charge is -2.46. The van der Waals surface area contributed by atoms with E-state index in [2.05, 4.69) is 19.1 Å². The van der Waals surface area contributed by atoms with E-state index in [0.717, 1.165) is 27.1 Å². The lowest BCUT2D eigenvalue weighted by Crippen LogP contribution is -2.60. The molecule has 1 aliphatic rings. The van der Waals surface area contributed by atoms with Crippen molar-refractivity contribution in [2.45, 2.75) is 81.3 Å². The zero-order valence-electron chi connectivity index (χ0n) is 26.9. The Labute approximate surface area is 281 Å². The van der Waals surface area contributed by atoms with E-state index in [4.69, 9.17) is 23.7 Å². The molecule has 47 heavy (non-hydrogen) atoms. The van der Waals surface area contributed by atoms with E-state index >= 15 is 0 Å². The zero-order chi connectivity index (χ0) is 32.8. The van der Waals surface area contributed by atoms with Crippen LogP contribution in [0.3, 0.4) is 0 Å². The molecule has 1 heterocycles. The quantitative estimate of drug-likeness (QED) is 0.115. The van der Waals surface area contributed by atoms with E-state index in [1.807, 2.05) is 103 Å². The van der Waals surface area contributed by atoms with Crippen LogP contribution in [0.4, 0.5) is 0 Å². The van der Waals surface area contributed by atoms with Crippen molar-refractivity contribution in [3.05, 3.63) is 138 Å². The lowest BCUT2D eigenvalue weighted by atomic mass is 9.98. The summed E-state index contributed by atoms with van der Waals surface area (Å²) in [6, 6.07) is 38.0. The van der Waals surface area contributed by atoms with Crippen LogP contribution in [-0.2, 0) is 53.1 Å². The van der Waals surface area contributed by atoms with Crippen LogP contribution in [0, 0.1) is 6.92 Å². The van der Waals surface area contributed by atoms with Gasteiger partial charge in [-0.2, -0.15) is 0 Å². The largest absolute Gasteiger partial charge is 0.463 e. The molecule has 4 aromatic carbocycles. The van der Waals surface area contributed by atoms with Gasteiger partial charge in [0.05, 0.1) is 26.2 Å². The summed E-state index contributed by atoms with van der Waals surface area (Å²) in [7, 11) is 0. The maximum atomic E-state index is 12.7. The SMILES string of the molecule is CC(=O)CCC(=O)OC[C@H]1O[C@@H](Sc2ccccc2C)[C@H](OCc2ccccc2)[C@@H](OCc2ccccc2)[C@@H]1OCc1ccccc1. The van der Waals surface area contributed by atoms with Gasteiger partial charge in [0.1, 0.15) is 42.2 Å². The Balaban J connectivity index is 1.48. The minimum Gasteiger partial charge on any atom is -0.463 e. The van der Waals surface area contributed by atoms with Crippen molar-refractivity contribution in [3.8, 4) is 0 Å². The molecule has 0 radical (unpaired) electrons. The highest BCUT2D eigenvalue weighted by atomic mass is 32.2. The molecular weight excluding hydrogens is 612 g/mol. The maximum Gasteiger partial charge on any atom is 0.306 e. The molecule has 0 unspecified atom stereocenters. The average Bonchev–Trinajstić information content (AvgIpc) is 3.10. The Kier molecular flexibility index (Phi) is 13.2. The molecule has 1 aliphatic heterocycles. The van der Waals surface area contributed by atoms with Gasteiger partial charge in [-0.3, -0.25) is 4.79 Å². The Bertz CT molecular complexity index is 1530. The highest BCUT2D eigenvalue weighted by Crippen LogP contribution is 2.39. The Morgan fingerprint density at radius 1 is 0.638 bits per heavy atom. The summed E-state index contributed by atoms with van der Waals surface area (Å²) in [6.45, 7) is 4.44. The third-order valence-electron chi connectivity index (χ3n) is 7.87. The van der Waals surface area contributed by atoms with E-state index in [1.54, 1.807) is 11.8 Å². The highest BCUT2D eigenvalue weighted by Gasteiger charge is 2.49. The second-order valence-corrected chi connectivity index (χ2v) is 12.7. The molecule has 0 saturated carbocycles. The van der Waals surface area contributed by atoms with E-state index in [1.165, 1.54) is 6.92 Å². The van der Waals surface area contributed by atoms with Crippen LogP contribution in [0.5, 0.6) is 0 Å². The summed E-state index contributed by atoms with van der Waals surface area (Å²) < 4.78 is 32.6. The number of ketones is 1. The minimum absolute atomic E-state index is 0.00965. The smallest absolute Gasteiger partial charge is 0.306 e. The average molecular weight is 655 g/mol. The molecule has 5 atom stereocenters. The molecule has 0 amide bonds. The number of esters is 1. The predicted octanol–water partition coefficient (Wildman–Crippen LogP) is 7.48. The van der Waals surface area contributed by atoms with Crippen molar-refractivity contribution in [3.63, 3.8) is 0 Å². The minimum atomic E-state index is -0.668. The summed E-state index contributed by atoms with van der Waals surface area (Å²) >= 11 is 1.56. The fourth-order valence-corrected chi connectivity index (χ4v) is 6.54. The first-order valence-corrected chi connectivity index (χ1v) is 16.8. The normalized spacial score (nSPS) is 20.9. The number of hydrogen-bond donors (Lipinski definition) is 0. The summed E-state index contributed by atoms with van der Waals surface area (Å²) in [5, 5.41) is 0. The molecular formula is C39H42O7S. The molecule has 4 aromatic rings.